The number of aryl methyl sites for hydroxylation is 1. The van der Waals surface area contributed by atoms with Crippen LogP contribution in [-0.4, -0.2) is 32.2 Å². The summed E-state index contributed by atoms with van der Waals surface area (Å²) in [5, 5.41) is 0. The van der Waals surface area contributed by atoms with Gasteiger partial charge in [0.1, 0.15) is 0 Å². The number of imidazole rings is 1. The topological polar surface area (TPSA) is 75.9 Å². The molecule has 1 aromatic carbocycles. The Morgan fingerprint density at radius 3 is 2.52 bits per heavy atom. The van der Waals surface area contributed by atoms with Crippen LogP contribution in [0, 0.1) is 0 Å². The lowest BCUT2D eigenvalue weighted by molar-refractivity contribution is 0.560. The standard InChI is InChI=1S/C18H21N5O2/c1-21-15-14(16(24)20-18(21)25)23(12-13-8-4-2-5-9-13)17(19-15)22-10-6-3-7-11-22/h2,4-5,8-9H,3,6-7,10-12H2,1H3,(H,20,24,25). The van der Waals surface area contributed by atoms with Crippen molar-refractivity contribution in [1.82, 2.24) is 19.1 Å². The van der Waals surface area contributed by atoms with Gasteiger partial charge in [-0.1, -0.05) is 30.3 Å². The molecule has 0 amide bonds. The smallest absolute Gasteiger partial charge is 0.329 e. The van der Waals surface area contributed by atoms with Gasteiger partial charge >= 0.3 is 5.69 Å². The second-order valence-corrected chi connectivity index (χ2v) is 6.52. The van der Waals surface area contributed by atoms with Gasteiger partial charge in [0.15, 0.2) is 11.2 Å². The molecule has 1 aliphatic rings. The largest absolute Gasteiger partial charge is 0.342 e. The Kier molecular flexibility index (Phi) is 3.91. The van der Waals surface area contributed by atoms with Crippen LogP contribution in [0.25, 0.3) is 11.2 Å². The molecule has 130 valence electrons. The predicted molar refractivity (Wildman–Crippen MR) is 97.2 cm³/mol. The SMILES string of the molecule is Cn1c(=O)[nH]c(=O)c2c1nc(N1CCCCC1)n2Cc1ccccc1. The van der Waals surface area contributed by atoms with Crippen LogP contribution in [0.15, 0.2) is 39.9 Å². The van der Waals surface area contributed by atoms with E-state index in [4.69, 9.17) is 0 Å². The lowest BCUT2D eigenvalue weighted by atomic mass is 10.1. The summed E-state index contributed by atoms with van der Waals surface area (Å²) in [4.78, 5) is 33.8. The molecule has 0 aliphatic carbocycles. The molecule has 3 aromatic rings. The van der Waals surface area contributed by atoms with Gasteiger partial charge in [0, 0.05) is 20.1 Å². The molecule has 0 spiro atoms. The molecule has 2 aromatic heterocycles. The van der Waals surface area contributed by atoms with Crippen molar-refractivity contribution in [2.45, 2.75) is 25.8 Å². The van der Waals surface area contributed by atoms with Gasteiger partial charge in [-0.2, -0.15) is 4.98 Å². The Labute approximate surface area is 144 Å². The third-order valence-corrected chi connectivity index (χ3v) is 4.81. The molecule has 1 N–H and O–H groups in total. The molecule has 0 atom stereocenters. The molecule has 1 aliphatic heterocycles. The van der Waals surface area contributed by atoms with E-state index in [0.29, 0.717) is 17.7 Å². The Morgan fingerprint density at radius 2 is 1.80 bits per heavy atom. The van der Waals surface area contributed by atoms with Gasteiger partial charge in [-0.05, 0) is 24.8 Å². The minimum absolute atomic E-state index is 0.384. The van der Waals surface area contributed by atoms with Crippen molar-refractivity contribution >= 4 is 17.1 Å². The van der Waals surface area contributed by atoms with Crippen molar-refractivity contribution in [3.63, 3.8) is 0 Å². The molecule has 1 saturated heterocycles. The van der Waals surface area contributed by atoms with Crippen LogP contribution in [0.1, 0.15) is 24.8 Å². The summed E-state index contributed by atoms with van der Waals surface area (Å²) in [6.07, 6.45) is 3.45. The highest BCUT2D eigenvalue weighted by Gasteiger charge is 2.22. The van der Waals surface area contributed by atoms with Crippen molar-refractivity contribution in [1.29, 1.82) is 0 Å². The molecule has 7 nitrogen and oxygen atoms in total. The van der Waals surface area contributed by atoms with E-state index in [0.717, 1.165) is 37.4 Å². The maximum atomic E-state index is 12.5. The molecular formula is C18H21N5O2. The first-order chi connectivity index (χ1) is 12.1. The minimum atomic E-state index is -0.438. The highest BCUT2D eigenvalue weighted by atomic mass is 16.2. The number of aromatic nitrogens is 4. The minimum Gasteiger partial charge on any atom is -0.342 e. The summed E-state index contributed by atoms with van der Waals surface area (Å²) in [7, 11) is 1.64. The highest BCUT2D eigenvalue weighted by molar-refractivity contribution is 5.74. The summed E-state index contributed by atoms with van der Waals surface area (Å²) in [6, 6.07) is 9.99. The van der Waals surface area contributed by atoms with Crippen LogP contribution in [0.5, 0.6) is 0 Å². The summed E-state index contributed by atoms with van der Waals surface area (Å²) < 4.78 is 3.35. The van der Waals surface area contributed by atoms with E-state index in [1.807, 2.05) is 34.9 Å². The number of hydrogen-bond donors (Lipinski definition) is 1. The second-order valence-electron chi connectivity index (χ2n) is 6.52. The number of rotatable bonds is 3. The first-order valence-electron chi connectivity index (χ1n) is 8.63. The fourth-order valence-corrected chi connectivity index (χ4v) is 3.47. The van der Waals surface area contributed by atoms with E-state index in [9.17, 15) is 9.59 Å². The second kappa shape index (κ2) is 6.23. The molecule has 25 heavy (non-hydrogen) atoms. The average molecular weight is 339 g/mol. The molecule has 0 saturated carbocycles. The van der Waals surface area contributed by atoms with Gasteiger partial charge in [0.2, 0.25) is 5.95 Å². The summed E-state index contributed by atoms with van der Waals surface area (Å²) in [6.45, 7) is 2.39. The molecule has 0 bridgehead atoms. The van der Waals surface area contributed by atoms with Crippen LogP contribution in [0.3, 0.4) is 0 Å². The van der Waals surface area contributed by atoms with Crippen LogP contribution in [-0.2, 0) is 13.6 Å². The number of H-pyrrole nitrogens is 1. The third-order valence-electron chi connectivity index (χ3n) is 4.81. The fraction of sp³-hybridized carbons (Fsp3) is 0.389. The number of piperidine rings is 1. The molecule has 1 fully saturated rings. The van der Waals surface area contributed by atoms with Gasteiger partial charge in [0.25, 0.3) is 5.56 Å². The van der Waals surface area contributed by atoms with Gasteiger partial charge in [-0.15, -0.1) is 0 Å². The van der Waals surface area contributed by atoms with Crippen molar-refractivity contribution in [2.75, 3.05) is 18.0 Å². The Hall–Kier alpha value is -2.83. The Balaban J connectivity index is 1.94. The number of hydrogen-bond acceptors (Lipinski definition) is 4. The number of anilines is 1. The Morgan fingerprint density at radius 1 is 1.08 bits per heavy atom. The highest BCUT2D eigenvalue weighted by Crippen LogP contribution is 2.24. The lowest BCUT2D eigenvalue weighted by Crippen LogP contribution is -2.32. The monoisotopic (exact) mass is 339 g/mol. The zero-order chi connectivity index (χ0) is 17.4. The van der Waals surface area contributed by atoms with E-state index in [1.165, 1.54) is 11.0 Å². The predicted octanol–water partition coefficient (Wildman–Crippen LogP) is 1.46. The first-order valence-corrected chi connectivity index (χ1v) is 8.63. The molecule has 7 heteroatoms. The van der Waals surface area contributed by atoms with Crippen LogP contribution < -0.4 is 16.1 Å². The molecular weight excluding hydrogens is 318 g/mol. The van der Waals surface area contributed by atoms with Crippen molar-refractivity contribution < 1.29 is 0 Å². The Bertz CT molecular complexity index is 1010. The van der Waals surface area contributed by atoms with E-state index in [1.54, 1.807) is 7.05 Å². The quantitative estimate of drug-likeness (QED) is 0.784. The first kappa shape index (κ1) is 15.7. The number of fused-ring (bicyclic) bond motifs is 1. The summed E-state index contributed by atoms with van der Waals surface area (Å²) >= 11 is 0. The van der Waals surface area contributed by atoms with Crippen molar-refractivity contribution in [3.8, 4) is 0 Å². The number of aromatic amines is 1. The van der Waals surface area contributed by atoms with Gasteiger partial charge in [-0.25, -0.2) is 4.79 Å². The van der Waals surface area contributed by atoms with Crippen LogP contribution in [0.2, 0.25) is 0 Å². The fourth-order valence-electron chi connectivity index (χ4n) is 3.47. The number of benzene rings is 1. The van der Waals surface area contributed by atoms with Crippen molar-refractivity contribution in [2.24, 2.45) is 7.05 Å². The number of nitrogens with zero attached hydrogens (tertiary/aromatic N) is 4. The normalized spacial score (nSPS) is 15.0. The van der Waals surface area contributed by atoms with Gasteiger partial charge in [0.05, 0.1) is 6.54 Å². The summed E-state index contributed by atoms with van der Waals surface area (Å²) in [5.41, 5.74) is 1.15. The van der Waals surface area contributed by atoms with Crippen LogP contribution in [0.4, 0.5) is 5.95 Å². The molecule has 0 radical (unpaired) electrons. The maximum absolute atomic E-state index is 12.5. The molecule has 3 heterocycles. The molecule has 4 rings (SSSR count). The lowest BCUT2D eigenvalue weighted by Gasteiger charge is -2.28. The van der Waals surface area contributed by atoms with E-state index < -0.39 is 5.69 Å². The van der Waals surface area contributed by atoms with E-state index in [2.05, 4.69) is 14.9 Å². The molecule has 0 unspecified atom stereocenters. The average Bonchev–Trinajstić information content (AvgIpc) is 3.01. The van der Waals surface area contributed by atoms with Gasteiger partial charge in [-0.3, -0.25) is 18.9 Å². The van der Waals surface area contributed by atoms with Crippen molar-refractivity contribution in [3.05, 3.63) is 56.7 Å². The van der Waals surface area contributed by atoms with Crippen LogP contribution >= 0.6 is 0 Å². The summed E-state index contributed by atoms with van der Waals surface area (Å²) in [5.74, 6) is 0.769. The van der Waals surface area contributed by atoms with Gasteiger partial charge < -0.3 is 4.90 Å². The maximum Gasteiger partial charge on any atom is 0.329 e. The zero-order valence-electron chi connectivity index (χ0n) is 14.2. The zero-order valence-corrected chi connectivity index (χ0v) is 14.2. The number of nitrogens with one attached hydrogen (secondary N) is 1. The van der Waals surface area contributed by atoms with E-state index >= 15 is 0 Å². The van der Waals surface area contributed by atoms with E-state index in [-0.39, 0.29) is 5.56 Å². The third kappa shape index (κ3) is 2.75.